The Morgan fingerprint density at radius 3 is 2.64 bits per heavy atom. The highest BCUT2D eigenvalue weighted by molar-refractivity contribution is 6.18. The van der Waals surface area contributed by atoms with E-state index in [4.69, 9.17) is 15.7 Å². The number of ketones is 1. The molecular weight excluding hydrogens is 359 g/mol. The summed E-state index contributed by atoms with van der Waals surface area (Å²) in [5.74, 6) is -0.470. The molecule has 136 valence electrons. The van der Waals surface area contributed by atoms with Crippen LogP contribution in [0.3, 0.4) is 0 Å². The Labute approximate surface area is 159 Å². The third-order valence-electron chi connectivity index (χ3n) is 4.27. The average molecular weight is 372 g/mol. The number of carbonyl (C=O) groups excluding carboxylic acids is 1. The maximum Gasteiger partial charge on any atom is 0.198 e. The minimum absolute atomic E-state index is 0.126. The number of para-hydroxylation sites is 1. The van der Waals surface area contributed by atoms with Crippen molar-refractivity contribution in [3.63, 3.8) is 0 Å². The number of aromatic nitrogens is 2. The summed E-state index contributed by atoms with van der Waals surface area (Å²) in [4.78, 5) is 19.8. The van der Waals surface area contributed by atoms with E-state index in [9.17, 15) is 9.18 Å². The number of nitrogens with zero attached hydrogens (tertiary/aromatic N) is 2. The Kier molecular flexibility index (Phi) is 4.22. The number of fused-ring (bicyclic) bond motifs is 1. The van der Waals surface area contributed by atoms with E-state index >= 15 is 0 Å². The van der Waals surface area contributed by atoms with E-state index in [-0.39, 0.29) is 28.1 Å². The molecule has 0 bridgehead atoms. The van der Waals surface area contributed by atoms with Gasteiger partial charge in [-0.15, -0.1) is 0 Å². The van der Waals surface area contributed by atoms with Gasteiger partial charge in [-0.3, -0.25) is 4.79 Å². The second-order valence-corrected chi connectivity index (χ2v) is 6.01. The zero-order chi connectivity index (χ0) is 19.7. The van der Waals surface area contributed by atoms with Crippen LogP contribution in [0.15, 0.2) is 60.9 Å². The predicted molar refractivity (Wildman–Crippen MR) is 102 cm³/mol. The lowest BCUT2D eigenvalue weighted by molar-refractivity contribution is 0.103. The molecule has 0 saturated heterocycles. The first kappa shape index (κ1) is 17.2. The number of hydrogen-bond acceptors (Lipinski definition) is 5. The first-order valence-electron chi connectivity index (χ1n) is 8.31. The number of carbonyl (C=O) groups is 1. The van der Waals surface area contributed by atoms with Gasteiger partial charge in [0.15, 0.2) is 5.78 Å². The molecular formula is C21H13FN4O2. The number of anilines is 1. The smallest absolute Gasteiger partial charge is 0.198 e. The number of ether oxygens (including phenoxy) is 1. The van der Waals surface area contributed by atoms with Gasteiger partial charge in [0, 0.05) is 18.5 Å². The number of hydrogen-bond donors (Lipinski definition) is 2. The van der Waals surface area contributed by atoms with Crippen molar-refractivity contribution >= 4 is 22.5 Å². The number of aromatic amines is 1. The molecule has 7 heteroatoms. The van der Waals surface area contributed by atoms with Gasteiger partial charge in [0.2, 0.25) is 0 Å². The Morgan fingerprint density at radius 1 is 1.14 bits per heavy atom. The van der Waals surface area contributed by atoms with E-state index < -0.39 is 11.6 Å². The van der Waals surface area contributed by atoms with Crippen LogP contribution in [-0.4, -0.2) is 15.8 Å². The third-order valence-corrected chi connectivity index (χ3v) is 4.27. The molecule has 2 aromatic carbocycles. The maximum absolute atomic E-state index is 14.6. The molecule has 0 spiro atoms. The highest BCUT2D eigenvalue weighted by Crippen LogP contribution is 2.29. The molecule has 0 saturated carbocycles. The molecule has 0 fully saturated rings. The number of nitrogen functional groups attached to an aromatic ring is 1. The predicted octanol–water partition coefficient (Wildman–Crippen LogP) is 4.18. The van der Waals surface area contributed by atoms with Gasteiger partial charge < -0.3 is 15.5 Å². The number of nitrogens with one attached hydrogen (secondary N) is 1. The van der Waals surface area contributed by atoms with Gasteiger partial charge in [-0.1, -0.05) is 18.2 Å². The molecule has 0 aliphatic carbocycles. The molecule has 0 aliphatic heterocycles. The van der Waals surface area contributed by atoms with Gasteiger partial charge in [0.25, 0.3) is 0 Å². The van der Waals surface area contributed by atoms with Crippen LogP contribution in [-0.2, 0) is 0 Å². The Balaban J connectivity index is 1.71. The normalized spacial score (nSPS) is 10.6. The van der Waals surface area contributed by atoms with Gasteiger partial charge in [0.05, 0.1) is 27.8 Å². The molecule has 0 atom stereocenters. The SMILES string of the molecule is N#Cc1cnc2[nH]cc(C(=O)c3ccc(Oc4ccccc4)cc3F)c2c1N. The van der Waals surface area contributed by atoms with Gasteiger partial charge in [-0.25, -0.2) is 9.37 Å². The van der Waals surface area contributed by atoms with Crippen molar-refractivity contribution in [1.82, 2.24) is 9.97 Å². The lowest BCUT2D eigenvalue weighted by Gasteiger charge is -2.08. The van der Waals surface area contributed by atoms with E-state index in [1.54, 1.807) is 24.3 Å². The number of rotatable bonds is 4. The summed E-state index contributed by atoms with van der Waals surface area (Å²) in [5.41, 5.74) is 6.62. The molecule has 0 aliphatic rings. The van der Waals surface area contributed by atoms with Crippen LogP contribution in [0.5, 0.6) is 11.5 Å². The van der Waals surface area contributed by atoms with Gasteiger partial charge >= 0.3 is 0 Å². The van der Waals surface area contributed by atoms with Crippen LogP contribution in [0, 0.1) is 17.1 Å². The minimum Gasteiger partial charge on any atom is -0.457 e. The summed E-state index contributed by atoms with van der Waals surface area (Å²) >= 11 is 0. The van der Waals surface area contributed by atoms with E-state index in [1.807, 2.05) is 12.1 Å². The summed E-state index contributed by atoms with van der Waals surface area (Å²) in [6.07, 6.45) is 2.73. The van der Waals surface area contributed by atoms with Crippen LogP contribution in [0.1, 0.15) is 21.5 Å². The van der Waals surface area contributed by atoms with Crippen molar-refractivity contribution in [2.24, 2.45) is 0 Å². The first-order chi connectivity index (χ1) is 13.6. The van der Waals surface area contributed by atoms with E-state index in [0.29, 0.717) is 16.8 Å². The summed E-state index contributed by atoms with van der Waals surface area (Å²) in [7, 11) is 0. The maximum atomic E-state index is 14.6. The fourth-order valence-electron chi connectivity index (χ4n) is 2.90. The molecule has 4 rings (SSSR count). The number of pyridine rings is 1. The molecule has 2 heterocycles. The summed E-state index contributed by atoms with van der Waals surface area (Å²) in [6, 6.07) is 14.9. The molecule has 3 N–H and O–H groups in total. The zero-order valence-corrected chi connectivity index (χ0v) is 14.4. The standard InChI is InChI=1S/C21H13FN4O2/c22-17-8-14(28-13-4-2-1-3-5-13)6-7-15(17)20(27)16-11-26-21-18(16)19(24)12(9-23)10-25-21/h1-8,10-11H,(H3,24,25,26). The Hall–Kier alpha value is -4.18. The van der Waals surface area contributed by atoms with E-state index in [2.05, 4.69) is 9.97 Å². The van der Waals surface area contributed by atoms with Crippen molar-refractivity contribution in [2.45, 2.75) is 0 Å². The van der Waals surface area contributed by atoms with Crippen molar-refractivity contribution in [2.75, 3.05) is 5.73 Å². The van der Waals surface area contributed by atoms with Gasteiger partial charge in [-0.05, 0) is 24.3 Å². The van der Waals surface area contributed by atoms with Crippen LogP contribution in [0.25, 0.3) is 11.0 Å². The van der Waals surface area contributed by atoms with Crippen molar-refractivity contribution in [1.29, 1.82) is 5.26 Å². The lowest BCUT2D eigenvalue weighted by Crippen LogP contribution is -2.05. The third kappa shape index (κ3) is 2.93. The van der Waals surface area contributed by atoms with Crippen LogP contribution < -0.4 is 10.5 Å². The Bertz CT molecular complexity index is 1240. The van der Waals surface area contributed by atoms with Gasteiger partial charge in [0.1, 0.15) is 29.0 Å². The molecule has 2 aromatic heterocycles. The number of benzene rings is 2. The molecule has 0 amide bonds. The van der Waals surface area contributed by atoms with Crippen molar-refractivity contribution in [3.05, 3.63) is 83.4 Å². The largest absolute Gasteiger partial charge is 0.457 e. The summed E-state index contributed by atoms with van der Waals surface area (Å²) < 4.78 is 20.2. The minimum atomic E-state index is -0.726. The number of halogens is 1. The highest BCUT2D eigenvalue weighted by atomic mass is 19.1. The monoisotopic (exact) mass is 372 g/mol. The second-order valence-electron chi connectivity index (χ2n) is 6.01. The summed E-state index contributed by atoms with van der Waals surface area (Å²) in [5, 5.41) is 9.42. The highest BCUT2D eigenvalue weighted by Gasteiger charge is 2.21. The van der Waals surface area contributed by atoms with Crippen LogP contribution in [0.4, 0.5) is 10.1 Å². The molecule has 0 radical (unpaired) electrons. The molecule has 6 nitrogen and oxygen atoms in total. The first-order valence-corrected chi connectivity index (χ1v) is 8.31. The lowest BCUT2D eigenvalue weighted by atomic mass is 10.0. The molecule has 4 aromatic rings. The van der Waals surface area contributed by atoms with Crippen molar-refractivity contribution in [3.8, 4) is 17.6 Å². The summed E-state index contributed by atoms with van der Waals surface area (Å²) in [6.45, 7) is 0. The van der Waals surface area contributed by atoms with E-state index in [0.717, 1.165) is 6.07 Å². The number of nitrogens with two attached hydrogens (primary N) is 1. The average Bonchev–Trinajstić information content (AvgIpc) is 3.14. The Morgan fingerprint density at radius 2 is 1.93 bits per heavy atom. The van der Waals surface area contributed by atoms with Crippen molar-refractivity contribution < 1.29 is 13.9 Å². The van der Waals surface area contributed by atoms with Gasteiger partial charge in [-0.2, -0.15) is 5.26 Å². The number of H-pyrrole nitrogens is 1. The second kappa shape index (κ2) is 6.85. The quantitative estimate of drug-likeness (QED) is 0.523. The molecule has 28 heavy (non-hydrogen) atoms. The van der Waals surface area contributed by atoms with E-state index in [1.165, 1.54) is 24.5 Å². The fourth-order valence-corrected chi connectivity index (χ4v) is 2.90. The fraction of sp³-hybridized carbons (Fsp3) is 0. The van der Waals surface area contributed by atoms with Crippen LogP contribution >= 0.6 is 0 Å². The van der Waals surface area contributed by atoms with Crippen LogP contribution in [0.2, 0.25) is 0 Å². The number of nitriles is 1. The molecule has 0 unspecified atom stereocenters. The topological polar surface area (TPSA) is 105 Å². The zero-order valence-electron chi connectivity index (χ0n) is 14.4.